The SMILES string of the molecule is CCCCN(CC(=O)Nc1cc(C(C)(C)C)nn1-c1ccc(Cl)cc1)C(=O)CC. The number of carbonyl (C=O) groups excluding carboxylic acids is 2. The van der Waals surface area contributed by atoms with Gasteiger partial charge in [0, 0.05) is 29.5 Å². The van der Waals surface area contributed by atoms with Crippen molar-refractivity contribution in [1.82, 2.24) is 14.7 Å². The molecule has 0 aliphatic rings. The van der Waals surface area contributed by atoms with Crippen molar-refractivity contribution in [2.24, 2.45) is 0 Å². The van der Waals surface area contributed by atoms with E-state index in [2.05, 4.69) is 33.0 Å². The quantitative estimate of drug-likeness (QED) is 0.669. The number of benzene rings is 1. The molecule has 6 nitrogen and oxygen atoms in total. The van der Waals surface area contributed by atoms with E-state index in [0.29, 0.717) is 23.8 Å². The van der Waals surface area contributed by atoms with Crippen LogP contribution in [-0.2, 0) is 15.0 Å². The van der Waals surface area contributed by atoms with Gasteiger partial charge in [0.2, 0.25) is 11.8 Å². The van der Waals surface area contributed by atoms with E-state index < -0.39 is 0 Å². The molecule has 2 amide bonds. The first-order valence-corrected chi connectivity index (χ1v) is 10.5. The van der Waals surface area contributed by atoms with Crippen LogP contribution in [-0.4, -0.2) is 39.6 Å². The topological polar surface area (TPSA) is 67.2 Å². The maximum absolute atomic E-state index is 12.7. The highest BCUT2D eigenvalue weighted by Crippen LogP contribution is 2.26. The van der Waals surface area contributed by atoms with Gasteiger partial charge in [-0.1, -0.05) is 52.6 Å². The van der Waals surface area contributed by atoms with Crippen LogP contribution in [0.2, 0.25) is 5.02 Å². The fraction of sp³-hybridized carbons (Fsp3) is 0.500. The van der Waals surface area contributed by atoms with E-state index in [1.165, 1.54) is 0 Å². The zero-order chi connectivity index (χ0) is 21.6. The highest BCUT2D eigenvalue weighted by atomic mass is 35.5. The van der Waals surface area contributed by atoms with Crippen molar-refractivity contribution in [1.29, 1.82) is 0 Å². The second-order valence-electron chi connectivity index (χ2n) is 8.12. The number of aromatic nitrogens is 2. The van der Waals surface area contributed by atoms with E-state index in [4.69, 9.17) is 16.7 Å². The van der Waals surface area contributed by atoms with E-state index in [0.717, 1.165) is 24.2 Å². The van der Waals surface area contributed by atoms with Gasteiger partial charge >= 0.3 is 0 Å². The summed E-state index contributed by atoms with van der Waals surface area (Å²) >= 11 is 6.01. The van der Waals surface area contributed by atoms with E-state index in [9.17, 15) is 9.59 Å². The summed E-state index contributed by atoms with van der Waals surface area (Å²) in [6.45, 7) is 10.7. The van der Waals surface area contributed by atoms with Crippen LogP contribution in [0, 0.1) is 0 Å². The Bertz CT molecular complexity index is 837. The van der Waals surface area contributed by atoms with E-state index in [1.807, 2.05) is 25.1 Å². The molecule has 0 aliphatic carbocycles. The minimum absolute atomic E-state index is 0.0183. The highest BCUT2D eigenvalue weighted by molar-refractivity contribution is 6.30. The average Bonchev–Trinajstić information content (AvgIpc) is 3.09. The Morgan fingerprint density at radius 3 is 2.38 bits per heavy atom. The Morgan fingerprint density at radius 2 is 1.83 bits per heavy atom. The number of hydrogen-bond acceptors (Lipinski definition) is 3. The second-order valence-corrected chi connectivity index (χ2v) is 8.56. The van der Waals surface area contributed by atoms with Gasteiger partial charge in [-0.05, 0) is 30.7 Å². The summed E-state index contributed by atoms with van der Waals surface area (Å²) in [7, 11) is 0. The maximum atomic E-state index is 12.7. The molecule has 158 valence electrons. The monoisotopic (exact) mass is 418 g/mol. The molecule has 2 aromatic rings. The standard InChI is InChI=1S/C22H31ClN4O2/c1-6-8-13-26(21(29)7-2)15-20(28)24-19-14-18(22(3,4)5)25-27(19)17-11-9-16(23)10-12-17/h9-12,14H,6-8,13,15H2,1-5H3,(H,24,28). The molecule has 0 spiro atoms. The molecule has 1 heterocycles. The Labute approximate surface area is 178 Å². The minimum atomic E-state index is -0.238. The van der Waals surface area contributed by atoms with Gasteiger partial charge < -0.3 is 10.2 Å². The van der Waals surface area contributed by atoms with Gasteiger partial charge in [0.1, 0.15) is 5.82 Å². The van der Waals surface area contributed by atoms with Crippen LogP contribution in [0.4, 0.5) is 5.82 Å². The van der Waals surface area contributed by atoms with Crippen molar-refractivity contribution < 1.29 is 9.59 Å². The third-order valence-electron chi connectivity index (χ3n) is 4.59. The highest BCUT2D eigenvalue weighted by Gasteiger charge is 2.22. The molecule has 7 heteroatoms. The van der Waals surface area contributed by atoms with Crippen molar-refractivity contribution in [3.63, 3.8) is 0 Å². The van der Waals surface area contributed by atoms with Crippen LogP contribution in [0.1, 0.15) is 59.6 Å². The Hall–Kier alpha value is -2.34. The number of carbonyl (C=O) groups is 2. The maximum Gasteiger partial charge on any atom is 0.245 e. The molecule has 0 fully saturated rings. The number of unbranched alkanes of at least 4 members (excludes halogenated alkanes) is 1. The van der Waals surface area contributed by atoms with Crippen molar-refractivity contribution in [3.05, 3.63) is 41.0 Å². The lowest BCUT2D eigenvalue weighted by Gasteiger charge is -2.21. The molecule has 0 radical (unpaired) electrons. The van der Waals surface area contributed by atoms with Crippen LogP contribution in [0.15, 0.2) is 30.3 Å². The summed E-state index contributed by atoms with van der Waals surface area (Å²) in [5, 5.41) is 8.26. The van der Waals surface area contributed by atoms with Gasteiger partial charge in [0.25, 0.3) is 0 Å². The lowest BCUT2D eigenvalue weighted by atomic mass is 9.92. The van der Waals surface area contributed by atoms with Gasteiger partial charge in [-0.25, -0.2) is 4.68 Å². The normalized spacial score (nSPS) is 11.4. The van der Waals surface area contributed by atoms with Crippen molar-refractivity contribution in [2.75, 3.05) is 18.4 Å². The first-order valence-electron chi connectivity index (χ1n) is 10.1. The first kappa shape index (κ1) is 22.9. The molecule has 0 saturated carbocycles. The number of rotatable bonds is 8. The molecule has 2 rings (SSSR count). The van der Waals surface area contributed by atoms with Crippen LogP contribution in [0.3, 0.4) is 0 Å². The molecule has 1 N–H and O–H groups in total. The number of anilines is 1. The molecular weight excluding hydrogens is 388 g/mol. The van der Waals surface area contributed by atoms with Gasteiger partial charge in [-0.2, -0.15) is 5.10 Å². The van der Waals surface area contributed by atoms with Gasteiger partial charge in [0.05, 0.1) is 17.9 Å². The molecule has 1 aromatic heterocycles. The summed E-state index contributed by atoms with van der Waals surface area (Å²) in [5.41, 5.74) is 1.48. The lowest BCUT2D eigenvalue weighted by Crippen LogP contribution is -2.38. The summed E-state index contributed by atoms with van der Waals surface area (Å²) in [6.07, 6.45) is 2.22. The Balaban J connectivity index is 2.27. The van der Waals surface area contributed by atoms with Crippen LogP contribution < -0.4 is 5.32 Å². The molecule has 0 aliphatic heterocycles. The number of hydrogen-bond donors (Lipinski definition) is 1. The van der Waals surface area contributed by atoms with Crippen molar-refractivity contribution in [2.45, 2.75) is 59.3 Å². The number of halogens is 1. The zero-order valence-corrected chi connectivity index (χ0v) is 18.7. The molecule has 0 bridgehead atoms. The Morgan fingerprint density at radius 1 is 1.17 bits per heavy atom. The third-order valence-corrected chi connectivity index (χ3v) is 4.84. The minimum Gasteiger partial charge on any atom is -0.333 e. The van der Waals surface area contributed by atoms with Gasteiger partial charge in [0.15, 0.2) is 0 Å². The predicted molar refractivity (Wildman–Crippen MR) is 118 cm³/mol. The van der Waals surface area contributed by atoms with E-state index >= 15 is 0 Å². The zero-order valence-electron chi connectivity index (χ0n) is 18.0. The van der Waals surface area contributed by atoms with Crippen molar-refractivity contribution in [3.8, 4) is 5.69 Å². The molecule has 29 heavy (non-hydrogen) atoms. The summed E-state index contributed by atoms with van der Waals surface area (Å²) in [5.74, 6) is 0.315. The fourth-order valence-electron chi connectivity index (χ4n) is 2.84. The van der Waals surface area contributed by atoms with Crippen LogP contribution >= 0.6 is 11.6 Å². The number of amides is 2. The Kier molecular flexibility index (Phi) is 7.85. The molecule has 0 atom stereocenters. The molecular formula is C22H31ClN4O2. The second kappa shape index (κ2) is 9.92. The summed E-state index contributed by atoms with van der Waals surface area (Å²) < 4.78 is 1.70. The number of nitrogens with zero attached hydrogens (tertiary/aromatic N) is 3. The summed E-state index contributed by atoms with van der Waals surface area (Å²) in [4.78, 5) is 26.5. The van der Waals surface area contributed by atoms with Crippen LogP contribution in [0.5, 0.6) is 0 Å². The summed E-state index contributed by atoms with van der Waals surface area (Å²) in [6, 6.07) is 9.16. The molecule has 1 aromatic carbocycles. The van der Waals surface area contributed by atoms with Gasteiger partial charge in [-0.3, -0.25) is 9.59 Å². The first-order chi connectivity index (χ1) is 13.7. The van der Waals surface area contributed by atoms with E-state index in [-0.39, 0.29) is 23.8 Å². The third kappa shape index (κ3) is 6.32. The smallest absolute Gasteiger partial charge is 0.245 e. The lowest BCUT2D eigenvalue weighted by molar-refractivity contribution is -0.134. The fourth-order valence-corrected chi connectivity index (χ4v) is 2.96. The average molecular weight is 419 g/mol. The van der Waals surface area contributed by atoms with E-state index in [1.54, 1.807) is 21.7 Å². The predicted octanol–water partition coefficient (Wildman–Crippen LogP) is 4.80. The largest absolute Gasteiger partial charge is 0.333 e. The molecule has 0 unspecified atom stereocenters. The van der Waals surface area contributed by atoms with Gasteiger partial charge in [-0.15, -0.1) is 0 Å². The number of nitrogens with one attached hydrogen (secondary N) is 1. The van der Waals surface area contributed by atoms with Crippen LogP contribution in [0.25, 0.3) is 5.69 Å². The van der Waals surface area contributed by atoms with Crippen molar-refractivity contribution >= 4 is 29.2 Å². The molecule has 0 saturated heterocycles.